The fourth-order valence-electron chi connectivity index (χ4n) is 3.27. The predicted octanol–water partition coefficient (Wildman–Crippen LogP) is 8.34. The van der Waals surface area contributed by atoms with Crippen molar-refractivity contribution in [2.24, 2.45) is 17.8 Å². The number of hydrogen-bond donors (Lipinski definition) is 0. The van der Waals surface area contributed by atoms with Crippen molar-refractivity contribution < 1.29 is 0 Å². The van der Waals surface area contributed by atoms with E-state index >= 15 is 0 Å². The Morgan fingerprint density at radius 2 is 1.43 bits per heavy atom. The van der Waals surface area contributed by atoms with Crippen LogP contribution in [-0.2, 0) is 0 Å². The van der Waals surface area contributed by atoms with Gasteiger partial charge < -0.3 is 0 Å². The van der Waals surface area contributed by atoms with Crippen LogP contribution in [0.5, 0.6) is 0 Å². The molecule has 0 amide bonds. The Hall–Kier alpha value is -0.520. The predicted molar refractivity (Wildman–Crippen MR) is 108 cm³/mol. The van der Waals surface area contributed by atoms with Crippen molar-refractivity contribution in [2.45, 2.75) is 106 Å². The lowest BCUT2D eigenvalue weighted by Crippen LogP contribution is -2.00. The highest BCUT2D eigenvalue weighted by atomic mass is 14.4. The van der Waals surface area contributed by atoms with Gasteiger partial charge in [-0.05, 0) is 36.2 Å². The molecule has 23 heavy (non-hydrogen) atoms. The zero-order chi connectivity index (χ0) is 17.5. The van der Waals surface area contributed by atoms with Crippen LogP contribution in [0.2, 0.25) is 0 Å². The van der Waals surface area contributed by atoms with E-state index in [-0.39, 0.29) is 0 Å². The minimum Gasteiger partial charge on any atom is -0.0805 e. The second-order valence-electron chi connectivity index (χ2n) is 6.75. The topological polar surface area (TPSA) is 0 Å². The van der Waals surface area contributed by atoms with E-state index in [0.717, 1.165) is 17.8 Å². The highest BCUT2D eigenvalue weighted by molar-refractivity contribution is 5.32. The van der Waals surface area contributed by atoms with Gasteiger partial charge in [-0.2, -0.15) is 0 Å². The summed E-state index contributed by atoms with van der Waals surface area (Å²) in [6, 6.07) is 0. The van der Waals surface area contributed by atoms with Crippen LogP contribution < -0.4 is 0 Å². The Kier molecular flexibility index (Phi) is 14.7. The van der Waals surface area contributed by atoms with Crippen LogP contribution in [0.15, 0.2) is 23.8 Å². The average Bonchev–Trinajstić information content (AvgIpc) is 3.39. The van der Waals surface area contributed by atoms with E-state index in [9.17, 15) is 0 Å². The molecule has 2 rings (SSSR count). The van der Waals surface area contributed by atoms with Crippen LogP contribution in [0.1, 0.15) is 106 Å². The fourth-order valence-corrected chi connectivity index (χ4v) is 3.27. The van der Waals surface area contributed by atoms with Gasteiger partial charge in [-0.15, -0.1) is 0 Å². The summed E-state index contributed by atoms with van der Waals surface area (Å²) in [5.74, 6) is 2.62. The third-order valence-electron chi connectivity index (χ3n) is 4.89. The molecule has 0 aliphatic heterocycles. The van der Waals surface area contributed by atoms with Crippen LogP contribution >= 0.6 is 0 Å². The summed E-state index contributed by atoms with van der Waals surface area (Å²) in [5.41, 5.74) is 1.63. The maximum Gasteiger partial charge on any atom is -0.0158 e. The van der Waals surface area contributed by atoms with E-state index in [2.05, 4.69) is 32.1 Å². The number of allylic oxidation sites excluding steroid dienone is 4. The molecule has 0 heteroatoms. The summed E-state index contributed by atoms with van der Waals surface area (Å²) in [6.07, 6.45) is 21.7. The summed E-state index contributed by atoms with van der Waals surface area (Å²) in [7, 11) is 0. The first-order valence-corrected chi connectivity index (χ1v) is 10.7. The maximum absolute atomic E-state index is 2.56. The quantitative estimate of drug-likeness (QED) is 0.355. The molecular formula is C23H44. The molecular weight excluding hydrogens is 276 g/mol. The van der Waals surface area contributed by atoms with Crippen LogP contribution in [0.4, 0.5) is 0 Å². The SMILES string of the molecule is CC.CC.CCCCCCCCCCC(C)C1=CC2CC2C=C1. The van der Waals surface area contributed by atoms with Crippen LogP contribution in [0.25, 0.3) is 0 Å². The van der Waals surface area contributed by atoms with Gasteiger partial charge in [-0.25, -0.2) is 0 Å². The van der Waals surface area contributed by atoms with E-state index in [4.69, 9.17) is 0 Å². The van der Waals surface area contributed by atoms with Crippen molar-refractivity contribution in [1.82, 2.24) is 0 Å². The van der Waals surface area contributed by atoms with Gasteiger partial charge in [0.1, 0.15) is 0 Å². The first kappa shape index (κ1) is 22.5. The molecule has 0 saturated heterocycles. The molecule has 0 heterocycles. The molecule has 0 aromatic carbocycles. The van der Waals surface area contributed by atoms with E-state index in [1.165, 1.54) is 64.2 Å². The molecule has 1 saturated carbocycles. The van der Waals surface area contributed by atoms with Crippen molar-refractivity contribution in [2.75, 3.05) is 0 Å². The normalized spacial score (nSPS) is 21.9. The van der Waals surface area contributed by atoms with E-state index < -0.39 is 0 Å². The Bertz CT molecular complexity index is 310. The third-order valence-corrected chi connectivity index (χ3v) is 4.89. The molecule has 2 aliphatic rings. The monoisotopic (exact) mass is 320 g/mol. The zero-order valence-electron chi connectivity index (χ0n) is 17.0. The van der Waals surface area contributed by atoms with Gasteiger partial charge >= 0.3 is 0 Å². The highest BCUT2D eigenvalue weighted by Crippen LogP contribution is 2.45. The molecule has 3 atom stereocenters. The molecule has 136 valence electrons. The Morgan fingerprint density at radius 3 is 2.00 bits per heavy atom. The molecule has 2 aliphatic carbocycles. The Labute approximate surface area is 147 Å². The van der Waals surface area contributed by atoms with Gasteiger partial charge in [-0.1, -0.05) is 111 Å². The molecule has 0 radical (unpaired) electrons. The van der Waals surface area contributed by atoms with Gasteiger partial charge in [0, 0.05) is 0 Å². The average molecular weight is 321 g/mol. The first-order chi connectivity index (χ1) is 11.3. The van der Waals surface area contributed by atoms with Crippen molar-refractivity contribution in [3.8, 4) is 0 Å². The van der Waals surface area contributed by atoms with Crippen LogP contribution in [-0.4, -0.2) is 0 Å². The van der Waals surface area contributed by atoms with Crippen LogP contribution in [0.3, 0.4) is 0 Å². The first-order valence-electron chi connectivity index (χ1n) is 10.7. The fraction of sp³-hybridized carbons (Fsp3) is 0.826. The molecule has 3 unspecified atom stereocenters. The van der Waals surface area contributed by atoms with E-state index in [0.29, 0.717) is 0 Å². The van der Waals surface area contributed by atoms with Crippen molar-refractivity contribution in [3.05, 3.63) is 23.8 Å². The number of rotatable bonds is 10. The van der Waals surface area contributed by atoms with Crippen molar-refractivity contribution in [3.63, 3.8) is 0 Å². The molecule has 0 bridgehead atoms. The maximum atomic E-state index is 2.56. The Balaban J connectivity index is 0.00000112. The summed E-state index contributed by atoms with van der Waals surface area (Å²) in [5, 5.41) is 0. The molecule has 1 fully saturated rings. The van der Waals surface area contributed by atoms with E-state index in [1.807, 2.05) is 27.7 Å². The lowest BCUT2D eigenvalue weighted by atomic mass is 9.91. The number of fused-ring (bicyclic) bond motifs is 1. The van der Waals surface area contributed by atoms with Crippen molar-refractivity contribution in [1.29, 1.82) is 0 Å². The summed E-state index contributed by atoms with van der Waals surface area (Å²) in [6.45, 7) is 12.7. The summed E-state index contributed by atoms with van der Waals surface area (Å²) < 4.78 is 0. The summed E-state index contributed by atoms with van der Waals surface area (Å²) in [4.78, 5) is 0. The standard InChI is InChI=1S/C19H32.2C2H6/c1-3-4-5-6-7-8-9-10-11-16(2)17-12-13-18-15-19(18)14-17;2*1-2/h12-14,16,18-19H,3-11,15H2,1-2H3;2*1-2H3. The molecule has 0 nitrogen and oxygen atoms in total. The van der Waals surface area contributed by atoms with Gasteiger partial charge in [-0.3, -0.25) is 0 Å². The second kappa shape index (κ2) is 15.0. The Morgan fingerprint density at radius 1 is 0.870 bits per heavy atom. The minimum absolute atomic E-state index is 0.790. The molecule has 0 aromatic rings. The minimum atomic E-state index is 0.790. The second-order valence-corrected chi connectivity index (χ2v) is 6.75. The van der Waals surface area contributed by atoms with Gasteiger partial charge in [0.05, 0.1) is 0 Å². The molecule has 0 spiro atoms. The van der Waals surface area contributed by atoms with E-state index in [1.54, 1.807) is 5.57 Å². The lowest BCUT2D eigenvalue weighted by molar-refractivity contribution is 0.523. The van der Waals surface area contributed by atoms with Gasteiger partial charge in [0.15, 0.2) is 0 Å². The van der Waals surface area contributed by atoms with Crippen LogP contribution in [0, 0.1) is 17.8 Å². The van der Waals surface area contributed by atoms with Gasteiger partial charge in [0.2, 0.25) is 0 Å². The molecule has 0 aromatic heterocycles. The zero-order valence-corrected chi connectivity index (χ0v) is 17.0. The highest BCUT2D eigenvalue weighted by Gasteiger charge is 2.35. The number of hydrogen-bond acceptors (Lipinski definition) is 0. The smallest absolute Gasteiger partial charge is 0.0158 e. The van der Waals surface area contributed by atoms with Crippen molar-refractivity contribution >= 4 is 0 Å². The summed E-state index contributed by atoms with van der Waals surface area (Å²) >= 11 is 0. The molecule has 0 N–H and O–H groups in total. The third kappa shape index (κ3) is 10.0. The number of unbranched alkanes of at least 4 members (excludes halogenated alkanes) is 7. The largest absolute Gasteiger partial charge is 0.0805 e. The lowest BCUT2D eigenvalue weighted by Gasteiger charge is -2.15. The van der Waals surface area contributed by atoms with Gasteiger partial charge in [0.25, 0.3) is 0 Å².